The monoisotopic (exact) mass is 87.0 g/mol. The molecule has 33 valence electrons. The van der Waals surface area contributed by atoms with E-state index in [2.05, 4.69) is 9.78 Å². The minimum absolute atomic E-state index is 1.11. The molecule has 0 amide bonds. The Labute approximate surface area is 34.7 Å². The van der Waals surface area contributed by atoms with E-state index in [9.17, 15) is 5.11 Å². The van der Waals surface area contributed by atoms with Gasteiger partial charge in [0.15, 0.2) is 0 Å². The topological polar surface area (TPSA) is 38.4 Å². The van der Waals surface area contributed by atoms with Crippen LogP contribution >= 0.6 is 0 Å². The summed E-state index contributed by atoms with van der Waals surface area (Å²) in [5.41, 5.74) is 0. The van der Waals surface area contributed by atoms with Crippen LogP contribution in [-0.2, 0) is 14.9 Å². The van der Waals surface area contributed by atoms with Gasteiger partial charge < -0.3 is 4.89 Å². The Balaban J connectivity index is 2.38. The van der Waals surface area contributed by atoms with Gasteiger partial charge in [-0.25, -0.2) is 0 Å². The van der Waals surface area contributed by atoms with E-state index in [1.54, 1.807) is 0 Å². The fraction of sp³-hybridized carbons (Fsp3) is 0.333. The Bertz CT molecular complexity index is 68.4. The smallest absolute Gasteiger partial charge is 0.257 e. The number of rotatable bonds is 0. The molecule has 0 aliphatic carbocycles. The zero-order chi connectivity index (χ0) is 4.41. The van der Waals surface area contributed by atoms with Crippen LogP contribution in [-0.4, -0.2) is 6.29 Å². The summed E-state index contributed by atoms with van der Waals surface area (Å²) in [6, 6.07) is 0. The van der Waals surface area contributed by atoms with Crippen LogP contribution in [0.3, 0.4) is 0 Å². The zero-order valence-electron chi connectivity index (χ0n) is 2.96. The highest BCUT2D eigenvalue weighted by molar-refractivity contribution is 4.78. The maximum Gasteiger partial charge on any atom is 0.257 e. The maximum atomic E-state index is 9.89. The van der Waals surface area contributed by atoms with Crippen LogP contribution in [0.4, 0.5) is 0 Å². The van der Waals surface area contributed by atoms with Crippen molar-refractivity contribution in [3.05, 3.63) is 12.3 Å². The lowest BCUT2D eigenvalue weighted by Crippen LogP contribution is -1.96. The molecule has 0 saturated heterocycles. The van der Waals surface area contributed by atoms with E-state index in [0.717, 1.165) is 0 Å². The normalized spacial score (nSPS) is 30.5. The van der Waals surface area contributed by atoms with Gasteiger partial charge in [-0.1, -0.05) is 0 Å². The van der Waals surface area contributed by atoms with Crippen LogP contribution in [0.5, 0.6) is 0 Å². The molecule has 0 bridgehead atoms. The van der Waals surface area contributed by atoms with Crippen LogP contribution in [0.2, 0.25) is 0 Å². The predicted octanol–water partition coefficient (Wildman–Crippen LogP) is 0.218. The second kappa shape index (κ2) is 1.28. The van der Waals surface area contributed by atoms with E-state index in [1.165, 1.54) is 12.3 Å². The van der Waals surface area contributed by atoms with Crippen molar-refractivity contribution < 1.29 is 14.9 Å². The largest absolute Gasteiger partial charge is 0.342 e. The van der Waals surface area contributed by atoms with Gasteiger partial charge in [0.25, 0.3) is 6.29 Å². The summed E-state index contributed by atoms with van der Waals surface area (Å²) in [7, 11) is 0. The summed E-state index contributed by atoms with van der Waals surface area (Å²) in [5, 5.41) is 9.89. The predicted molar refractivity (Wildman–Crippen MR) is 15.8 cm³/mol. The molecule has 0 aromatic carbocycles. The molecular formula is C3H3O3. The third kappa shape index (κ3) is 0.502. The maximum absolute atomic E-state index is 9.89. The Hall–Kier alpha value is -0.540. The molecule has 1 atom stereocenters. The highest BCUT2D eigenvalue weighted by Gasteiger charge is 2.05. The molecule has 1 aliphatic rings. The van der Waals surface area contributed by atoms with E-state index in [4.69, 9.17) is 0 Å². The highest BCUT2D eigenvalue weighted by Crippen LogP contribution is 1.99. The van der Waals surface area contributed by atoms with Crippen LogP contribution in [0.25, 0.3) is 0 Å². The van der Waals surface area contributed by atoms with Crippen molar-refractivity contribution in [3.8, 4) is 0 Å². The average Bonchev–Trinajstić information content (AvgIpc) is 1.86. The summed E-state index contributed by atoms with van der Waals surface area (Å²) >= 11 is 0. The SMILES string of the molecule is [O]C1C=COO1. The Morgan fingerprint density at radius 2 is 2.50 bits per heavy atom. The van der Waals surface area contributed by atoms with Crippen LogP contribution < -0.4 is 0 Å². The first-order valence-corrected chi connectivity index (χ1v) is 1.54. The third-order valence-corrected chi connectivity index (χ3v) is 0.442. The molecule has 3 heteroatoms. The van der Waals surface area contributed by atoms with Crippen LogP contribution in [0.1, 0.15) is 0 Å². The van der Waals surface area contributed by atoms with E-state index >= 15 is 0 Å². The van der Waals surface area contributed by atoms with Gasteiger partial charge in [-0.15, -0.1) is 4.89 Å². The molecule has 0 N–H and O–H groups in total. The van der Waals surface area contributed by atoms with Crippen molar-refractivity contribution in [3.63, 3.8) is 0 Å². The minimum Gasteiger partial charge on any atom is -0.342 e. The first-order chi connectivity index (χ1) is 2.89. The Morgan fingerprint density at radius 3 is 2.67 bits per heavy atom. The summed E-state index contributed by atoms with van der Waals surface area (Å²) in [4.78, 5) is 8.05. The fourth-order valence-electron chi connectivity index (χ4n) is 0.215. The van der Waals surface area contributed by atoms with Gasteiger partial charge in [0.05, 0.1) is 0 Å². The molecule has 1 aliphatic heterocycles. The molecule has 1 unspecified atom stereocenters. The van der Waals surface area contributed by atoms with Gasteiger partial charge in [-0.05, 0) is 0 Å². The summed E-state index contributed by atoms with van der Waals surface area (Å²) in [6.07, 6.45) is 1.39. The molecule has 6 heavy (non-hydrogen) atoms. The van der Waals surface area contributed by atoms with Gasteiger partial charge in [0.2, 0.25) is 0 Å². The molecule has 0 fully saturated rings. The Kier molecular flexibility index (Phi) is 0.777. The van der Waals surface area contributed by atoms with Crippen molar-refractivity contribution >= 4 is 0 Å². The molecule has 3 nitrogen and oxygen atoms in total. The molecule has 0 aromatic rings. The molecule has 0 spiro atoms. The van der Waals surface area contributed by atoms with Gasteiger partial charge in [-0.3, -0.25) is 0 Å². The summed E-state index contributed by atoms with van der Waals surface area (Å²) in [6.45, 7) is 0. The summed E-state index contributed by atoms with van der Waals surface area (Å²) < 4.78 is 0. The van der Waals surface area contributed by atoms with Crippen LogP contribution in [0.15, 0.2) is 12.3 Å². The van der Waals surface area contributed by atoms with Crippen molar-refractivity contribution in [1.29, 1.82) is 0 Å². The van der Waals surface area contributed by atoms with Crippen molar-refractivity contribution in [2.75, 3.05) is 0 Å². The van der Waals surface area contributed by atoms with E-state index in [-0.39, 0.29) is 0 Å². The van der Waals surface area contributed by atoms with Gasteiger partial charge in [-0.2, -0.15) is 5.11 Å². The summed E-state index contributed by atoms with van der Waals surface area (Å²) in [5.74, 6) is 0. The molecular weight excluding hydrogens is 84.0 g/mol. The van der Waals surface area contributed by atoms with E-state index < -0.39 is 6.29 Å². The van der Waals surface area contributed by atoms with E-state index in [0.29, 0.717) is 0 Å². The quantitative estimate of drug-likeness (QED) is 0.396. The lowest BCUT2D eigenvalue weighted by atomic mass is 10.6. The van der Waals surface area contributed by atoms with Crippen molar-refractivity contribution in [2.45, 2.75) is 6.29 Å². The lowest BCUT2D eigenvalue weighted by molar-refractivity contribution is -0.314. The zero-order valence-corrected chi connectivity index (χ0v) is 2.96. The molecule has 0 aromatic heterocycles. The third-order valence-electron chi connectivity index (χ3n) is 0.442. The van der Waals surface area contributed by atoms with E-state index in [1.807, 2.05) is 0 Å². The minimum atomic E-state index is -1.11. The average molecular weight is 87.1 g/mol. The fourth-order valence-corrected chi connectivity index (χ4v) is 0.215. The molecule has 0 saturated carbocycles. The first kappa shape index (κ1) is 3.64. The first-order valence-electron chi connectivity index (χ1n) is 1.54. The van der Waals surface area contributed by atoms with Crippen molar-refractivity contribution in [2.24, 2.45) is 0 Å². The number of hydrogen-bond acceptors (Lipinski definition) is 2. The van der Waals surface area contributed by atoms with Crippen LogP contribution in [0, 0.1) is 0 Å². The number of hydrogen-bond donors (Lipinski definition) is 0. The standard InChI is InChI=1S/C3H3O3/c4-3-1-2-5-6-3/h1-3H. The molecule has 1 heterocycles. The lowest BCUT2D eigenvalue weighted by Gasteiger charge is -1.87. The van der Waals surface area contributed by atoms with Crippen molar-refractivity contribution in [1.82, 2.24) is 0 Å². The highest BCUT2D eigenvalue weighted by atomic mass is 17.2. The van der Waals surface area contributed by atoms with Gasteiger partial charge in [0, 0.05) is 6.08 Å². The van der Waals surface area contributed by atoms with Gasteiger partial charge in [0.1, 0.15) is 6.26 Å². The molecule has 1 radical (unpaired) electrons. The second-order valence-electron chi connectivity index (χ2n) is 0.889. The molecule has 1 rings (SSSR count). The Morgan fingerprint density at radius 1 is 1.67 bits per heavy atom. The van der Waals surface area contributed by atoms with Gasteiger partial charge >= 0.3 is 0 Å². The second-order valence-corrected chi connectivity index (χ2v) is 0.889.